The number of aliphatic carboxylic acids is 2. The zero-order chi connectivity index (χ0) is 27.5. The van der Waals surface area contributed by atoms with Crippen LogP contribution in [0.15, 0.2) is 48.5 Å². The first-order valence-corrected chi connectivity index (χ1v) is 13.0. The van der Waals surface area contributed by atoms with E-state index in [1.807, 2.05) is 12.1 Å². The molecule has 0 aliphatic carbocycles. The highest BCUT2D eigenvalue weighted by atomic mass is 16.5. The van der Waals surface area contributed by atoms with Gasteiger partial charge >= 0.3 is 11.9 Å². The van der Waals surface area contributed by atoms with Gasteiger partial charge in [0.15, 0.2) is 11.5 Å². The van der Waals surface area contributed by atoms with Crippen molar-refractivity contribution in [1.82, 2.24) is 9.80 Å². The minimum Gasteiger partial charge on any atom is -0.493 e. The number of piperidine rings is 2. The van der Waals surface area contributed by atoms with Crippen molar-refractivity contribution >= 4 is 17.8 Å². The number of amides is 1. The first-order valence-electron chi connectivity index (χ1n) is 13.0. The van der Waals surface area contributed by atoms with E-state index in [-0.39, 0.29) is 5.92 Å². The van der Waals surface area contributed by atoms with Crippen molar-refractivity contribution in [3.8, 4) is 11.5 Å². The van der Waals surface area contributed by atoms with Crippen LogP contribution in [0.4, 0.5) is 0 Å². The SMILES string of the molecule is COc1cccc(CN2CCCC(C(=O)N3CCC(Cc4ccccc4)CC3)C2)c1OC.O=C(O)C(=O)O. The number of para-hydroxylation sites is 1. The van der Waals surface area contributed by atoms with Crippen molar-refractivity contribution in [3.05, 3.63) is 59.7 Å². The second-order valence-electron chi connectivity index (χ2n) is 9.80. The van der Waals surface area contributed by atoms with Crippen LogP contribution < -0.4 is 9.47 Å². The summed E-state index contributed by atoms with van der Waals surface area (Å²) in [6.45, 7) is 4.42. The Hall–Kier alpha value is -3.59. The van der Waals surface area contributed by atoms with Gasteiger partial charge in [0, 0.05) is 31.7 Å². The molecule has 206 valence electrons. The third-order valence-electron chi connectivity index (χ3n) is 7.21. The van der Waals surface area contributed by atoms with Crippen LogP contribution in [0.5, 0.6) is 11.5 Å². The van der Waals surface area contributed by atoms with Gasteiger partial charge in [-0.05, 0) is 56.2 Å². The highest BCUT2D eigenvalue weighted by Crippen LogP contribution is 2.33. The lowest BCUT2D eigenvalue weighted by atomic mass is 9.89. The Morgan fingerprint density at radius 2 is 1.55 bits per heavy atom. The maximum atomic E-state index is 13.3. The number of methoxy groups -OCH3 is 2. The number of likely N-dealkylation sites (tertiary alicyclic amines) is 2. The van der Waals surface area contributed by atoms with Crippen LogP contribution in [0.3, 0.4) is 0 Å². The van der Waals surface area contributed by atoms with E-state index in [1.54, 1.807) is 14.2 Å². The molecule has 2 aromatic carbocycles. The Balaban J connectivity index is 0.000000599. The number of benzene rings is 2. The van der Waals surface area contributed by atoms with Crippen molar-refractivity contribution in [2.24, 2.45) is 11.8 Å². The number of carbonyl (C=O) groups is 3. The van der Waals surface area contributed by atoms with E-state index < -0.39 is 11.9 Å². The number of carboxylic acids is 2. The maximum absolute atomic E-state index is 13.3. The van der Waals surface area contributed by atoms with Gasteiger partial charge in [0.2, 0.25) is 5.91 Å². The molecular formula is C29H38N2O7. The van der Waals surface area contributed by atoms with Crippen LogP contribution >= 0.6 is 0 Å². The smallest absolute Gasteiger partial charge is 0.414 e. The van der Waals surface area contributed by atoms with E-state index in [0.717, 1.165) is 81.9 Å². The summed E-state index contributed by atoms with van der Waals surface area (Å²) in [5.74, 6) is -0.955. The summed E-state index contributed by atoms with van der Waals surface area (Å²) in [7, 11) is 3.35. The summed E-state index contributed by atoms with van der Waals surface area (Å²) in [5, 5.41) is 14.8. The molecule has 2 N–H and O–H groups in total. The molecule has 0 aromatic heterocycles. The molecule has 38 heavy (non-hydrogen) atoms. The lowest BCUT2D eigenvalue weighted by Gasteiger charge is -2.38. The molecule has 9 heteroatoms. The lowest BCUT2D eigenvalue weighted by molar-refractivity contribution is -0.159. The minimum absolute atomic E-state index is 0.103. The topological polar surface area (TPSA) is 117 Å². The molecule has 0 bridgehead atoms. The summed E-state index contributed by atoms with van der Waals surface area (Å²) in [6, 6.07) is 16.7. The van der Waals surface area contributed by atoms with Crippen molar-refractivity contribution in [3.63, 3.8) is 0 Å². The van der Waals surface area contributed by atoms with Crippen LogP contribution in [-0.2, 0) is 27.3 Å². The molecule has 2 aliphatic rings. The average molecular weight is 527 g/mol. The van der Waals surface area contributed by atoms with E-state index >= 15 is 0 Å². The lowest BCUT2D eigenvalue weighted by Crippen LogP contribution is -2.47. The van der Waals surface area contributed by atoms with E-state index in [1.165, 1.54) is 5.56 Å². The molecular weight excluding hydrogens is 488 g/mol. The summed E-state index contributed by atoms with van der Waals surface area (Å²) in [6.07, 6.45) is 5.40. The van der Waals surface area contributed by atoms with Gasteiger partial charge in [0.05, 0.1) is 20.1 Å². The van der Waals surface area contributed by atoms with E-state index in [4.69, 9.17) is 29.3 Å². The van der Waals surface area contributed by atoms with E-state index in [2.05, 4.69) is 46.2 Å². The van der Waals surface area contributed by atoms with Gasteiger partial charge in [0.25, 0.3) is 0 Å². The predicted molar refractivity (Wildman–Crippen MR) is 142 cm³/mol. The van der Waals surface area contributed by atoms with E-state index in [9.17, 15) is 4.79 Å². The molecule has 2 aromatic rings. The third-order valence-corrected chi connectivity index (χ3v) is 7.21. The second kappa shape index (κ2) is 14.4. The normalized spacial score (nSPS) is 18.2. The largest absolute Gasteiger partial charge is 0.493 e. The van der Waals surface area contributed by atoms with Gasteiger partial charge < -0.3 is 24.6 Å². The molecule has 2 saturated heterocycles. The summed E-state index contributed by atoms with van der Waals surface area (Å²) in [5.41, 5.74) is 2.52. The zero-order valence-corrected chi connectivity index (χ0v) is 22.2. The first-order chi connectivity index (χ1) is 18.3. The van der Waals surface area contributed by atoms with Crippen LogP contribution in [0.1, 0.15) is 36.8 Å². The maximum Gasteiger partial charge on any atom is 0.414 e. The monoisotopic (exact) mass is 526 g/mol. The van der Waals surface area contributed by atoms with Crippen LogP contribution in [0.2, 0.25) is 0 Å². The highest BCUT2D eigenvalue weighted by molar-refractivity contribution is 6.27. The first kappa shape index (κ1) is 29.0. The number of ether oxygens (including phenoxy) is 2. The highest BCUT2D eigenvalue weighted by Gasteiger charge is 2.32. The number of hydrogen-bond acceptors (Lipinski definition) is 6. The van der Waals surface area contributed by atoms with Gasteiger partial charge in [-0.3, -0.25) is 9.69 Å². The average Bonchev–Trinajstić information content (AvgIpc) is 2.94. The number of carbonyl (C=O) groups excluding carboxylic acids is 1. The molecule has 9 nitrogen and oxygen atoms in total. The van der Waals surface area contributed by atoms with Gasteiger partial charge in [-0.1, -0.05) is 42.5 Å². The van der Waals surface area contributed by atoms with Crippen LogP contribution in [-0.4, -0.2) is 78.3 Å². The molecule has 1 atom stereocenters. The quantitative estimate of drug-likeness (QED) is 0.526. The molecule has 0 saturated carbocycles. The molecule has 1 unspecified atom stereocenters. The molecule has 1 amide bonds. The summed E-state index contributed by atoms with van der Waals surface area (Å²) >= 11 is 0. The fourth-order valence-electron chi connectivity index (χ4n) is 5.28. The molecule has 2 aliphatic heterocycles. The fraction of sp³-hybridized carbons (Fsp3) is 0.483. The molecule has 0 spiro atoms. The molecule has 2 fully saturated rings. The second-order valence-corrected chi connectivity index (χ2v) is 9.80. The van der Waals surface area contributed by atoms with Gasteiger partial charge in [0.1, 0.15) is 0 Å². The van der Waals surface area contributed by atoms with Crippen LogP contribution in [0.25, 0.3) is 0 Å². The molecule has 4 rings (SSSR count). The Bertz CT molecular complexity index is 1060. The standard InChI is InChI=1S/C27H36N2O3.C2H2O4/c1-31-25-12-6-10-23(26(25)32-2)19-28-15-7-11-24(20-28)27(30)29-16-13-22(14-17-29)18-21-8-4-3-5-9-21;3-1(4)2(5)6/h3-6,8-10,12,22,24H,7,11,13-20H2,1-2H3;(H,3,4)(H,5,6). The number of hydrogen-bond donors (Lipinski definition) is 2. The molecule has 0 radical (unpaired) electrons. The number of nitrogens with zero attached hydrogens (tertiary/aromatic N) is 2. The Kier molecular flexibility index (Phi) is 11.0. The Morgan fingerprint density at radius 3 is 2.16 bits per heavy atom. The number of rotatable bonds is 7. The Morgan fingerprint density at radius 1 is 0.868 bits per heavy atom. The minimum atomic E-state index is -1.82. The Labute approximate surface area is 224 Å². The van der Waals surface area contributed by atoms with Crippen molar-refractivity contribution < 1.29 is 34.1 Å². The molecule has 2 heterocycles. The zero-order valence-electron chi connectivity index (χ0n) is 22.2. The van der Waals surface area contributed by atoms with Crippen molar-refractivity contribution in [2.45, 2.75) is 38.6 Å². The summed E-state index contributed by atoms with van der Waals surface area (Å²) in [4.78, 5) is 36.0. The number of carboxylic acid groups (broad SMARTS) is 2. The van der Waals surface area contributed by atoms with Gasteiger partial charge in [-0.15, -0.1) is 0 Å². The third kappa shape index (κ3) is 8.21. The van der Waals surface area contributed by atoms with E-state index in [0.29, 0.717) is 11.8 Å². The predicted octanol–water partition coefficient (Wildman–Crippen LogP) is 3.55. The van der Waals surface area contributed by atoms with Crippen molar-refractivity contribution in [2.75, 3.05) is 40.4 Å². The fourth-order valence-corrected chi connectivity index (χ4v) is 5.28. The van der Waals surface area contributed by atoms with Crippen molar-refractivity contribution in [1.29, 1.82) is 0 Å². The van der Waals surface area contributed by atoms with Gasteiger partial charge in [-0.25, -0.2) is 9.59 Å². The van der Waals surface area contributed by atoms with Gasteiger partial charge in [-0.2, -0.15) is 0 Å². The van der Waals surface area contributed by atoms with Crippen LogP contribution in [0, 0.1) is 11.8 Å². The summed E-state index contributed by atoms with van der Waals surface area (Å²) < 4.78 is 11.1.